The molecule has 0 spiro atoms. The lowest BCUT2D eigenvalue weighted by molar-refractivity contribution is 0.630. The largest absolute Gasteiger partial charge is 0.384 e. The van der Waals surface area contributed by atoms with E-state index in [1.54, 1.807) is 30.3 Å². The Labute approximate surface area is 110 Å². The van der Waals surface area contributed by atoms with E-state index in [2.05, 4.69) is 26.0 Å². The number of nitrogens with two attached hydrogens (primary N) is 1. The van der Waals surface area contributed by atoms with E-state index in [9.17, 15) is 4.39 Å². The van der Waals surface area contributed by atoms with Gasteiger partial charge in [0.15, 0.2) is 11.5 Å². The van der Waals surface area contributed by atoms with Crippen molar-refractivity contribution in [2.24, 2.45) is 0 Å². The zero-order chi connectivity index (χ0) is 12.7. The van der Waals surface area contributed by atoms with Crippen molar-refractivity contribution < 1.29 is 4.39 Å². The van der Waals surface area contributed by atoms with Gasteiger partial charge in [-0.05, 0) is 24.3 Å². The Morgan fingerprint density at radius 2 is 2.00 bits per heavy atom. The average molecular weight is 307 g/mol. The Kier molecular flexibility index (Phi) is 2.52. The first kappa shape index (κ1) is 11.2. The number of nitrogen functional groups attached to an aromatic ring is 1. The number of benzene rings is 1. The van der Waals surface area contributed by atoms with Crippen molar-refractivity contribution in [3.63, 3.8) is 0 Å². The van der Waals surface area contributed by atoms with Crippen LogP contribution in [0.25, 0.3) is 17.0 Å². The summed E-state index contributed by atoms with van der Waals surface area (Å²) < 4.78 is 15.9. The molecule has 0 fully saturated rings. The topological polar surface area (TPSA) is 56.2 Å². The second-order valence-corrected chi connectivity index (χ2v) is 4.70. The minimum Gasteiger partial charge on any atom is -0.384 e. The van der Waals surface area contributed by atoms with E-state index in [0.717, 1.165) is 4.47 Å². The highest BCUT2D eigenvalue weighted by atomic mass is 79.9. The highest BCUT2D eigenvalue weighted by molar-refractivity contribution is 9.10. The number of fused-ring (bicyclic) bond motifs is 1. The molecule has 3 aromatic rings. The normalized spacial score (nSPS) is 11.0. The average Bonchev–Trinajstić information content (AvgIpc) is 2.73. The number of aromatic nitrogens is 3. The molecule has 6 heteroatoms. The van der Waals surface area contributed by atoms with E-state index in [-0.39, 0.29) is 5.82 Å². The maximum Gasteiger partial charge on any atom is 0.185 e. The fraction of sp³-hybridized carbons (Fsp3) is 0. The third kappa shape index (κ3) is 1.74. The number of halogens is 2. The number of nitrogens with zero attached hydrogens (tertiary/aromatic N) is 3. The predicted octanol–water partition coefficient (Wildman–Crippen LogP) is 2.88. The minimum absolute atomic E-state index is 0.318. The molecule has 0 aliphatic rings. The van der Waals surface area contributed by atoms with E-state index in [1.165, 1.54) is 10.6 Å². The van der Waals surface area contributed by atoms with Gasteiger partial charge < -0.3 is 5.73 Å². The van der Waals surface area contributed by atoms with E-state index < -0.39 is 0 Å². The van der Waals surface area contributed by atoms with Crippen molar-refractivity contribution in [2.75, 3.05) is 5.73 Å². The predicted molar refractivity (Wildman–Crippen MR) is 70.5 cm³/mol. The SMILES string of the molecule is Nc1cc(Br)cc2nc(-c3ccccc3F)nn12. The number of rotatable bonds is 1. The molecule has 2 aromatic heterocycles. The summed E-state index contributed by atoms with van der Waals surface area (Å²) in [7, 11) is 0. The summed E-state index contributed by atoms with van der Waals surface area (Å²) in [6, 6.07) is 9.86. The summed E-state index contributed by atoms with van der Waals surface area (Å²) >= 11 is 3.33. The van der Waals surface area contributed by atoms with Gasteiger partial charge in [0.05, 0.1) is 5.56 Å². The van der Waals surface area contributed by atoms with Crippen molar-refractivity contribution in [1.82, 2.24) is 14.6 Å². The summed E-state index contributed by atoms with van der Waals surface area (Å²) in [5, 5.41) is 4.20. The second kappa shape index (κ2) is 4.06. The van der Waals surface area contributed by atoms with E-state index in [0.29, 0.717) is 22.9 Å². The first-order chi connectivity index (χ1) is 8.65. The van der Waals surface area contributed by atoms with Crippen LogP contribution in [0.2, 0.25) is 0 Å². The maximum absolute atomic E-state index is 13.7. The molecule has 0 saturated carbocycles. The third-order valence-electron chi connectivity index (χ3n) is 2.54. The summed E-state index contributed by atoms with van der Waals surface area (Å²) in [4.78, 5) is 4.27. The van der Waals surface area contributed by atoms with Crippen LogP contribution in [0.3, 0.4) is 0 Å². The zero-order valence-corrected chi connectivity index (χ0v) is 10.7. The molecule has 2 N–H and O–H groups in total. The van der Waals surface area contributed by atoms with Gasteiger partial charge in [0.1, 0.15) is 11.6 Å². The molecule has 0 unspecified atom stereocenters. The number of anilines is 1. The lowest BCUT2D eigenvalue weighted by atomic mass is 10.2. The van der Waals surface area contributed by atoms with Crippen LogP contribution in [-0.2, 0) is 0 Å². The number of pyridine rings is 1. The Morgan fingerprint density at radius 3 is 2.78 bits per heavy atom. The molecule has 0 aliphatic carbocycles. The van der Waals surface area contributed by atoms with Gasteiger partial charge in [0, 0.05) is 4.47 Å². The molecule has 0 amide bonds. The molecule has 0 radical (unpaired) electrons. The van der Waals surface area contributed by atoms with E-state index in [4.69, 9.17) is 5.73 Å². The standard InChI is InChI=1S/C12H8BrFN4/c13-7-5-10(15)18-11(6-7)16-12(17-18)8-3-1-2-4-9(8)14/h1-6H,15H2. The molecular weight excluding hydrogens is 299 g/mol. The van der Waals surface area contributed by atoms with Crippen molar-refractivity contribution in [2.45, 2.75) is 0 Å². The van der Waals surface area contributed by atoms with E-state index in [1.807, 2.05) is 0 Å². The van der Waals surface area contributed by atoms with Crippen LogP contribution in [0.15, 0.2) is 40.9 Å². The molecule has 0 saturated heterocycles. The highest BCUT2D eigenvalue weighted by Gasteiger charge is 2.12. The van der Waals surface area contributed by atoms with Crippen molar-refractivity contribution >= 4 is 27.4 Å². The van der Waals surface area contributed by atoms with Gasteiger partial charge in [-0.1, -0.05) is 28.1 Å². The summed E-state index contributed by atoms with van der Waals surface area (Å²) in [6.45, 7) is 0. The molecule has 90 valence electrons. The summed E-state index contributed by atoms with van der Waals surface area (Å²) in [5.74, 6) is 0.401. The first-order valence-corrected chi connectivity index (χ1v) is 6.01. The lowest BCUT2D eigenvalue weighted by Crippen LogP contribution is -1.98. The molecule has 18 heavy (non-hydrogen) atoms. The van der Waals surface area contributed by atoms with Crippen LogP contribution in [-0.4, -0.2) is 14.6 Å². The monoisotopic (exact) mass is 306 g/mol. The number of hydrogen-bond acceptors (Lipinski definition) is 3. The first-order valence-electron chi connectivity index (χ1n) is 5.22. The molecule has 1 aromatic carbocycles. The van der Waals surface area contributed by atoms with Crippen LogP contribution in [0.1, 0.15) is 0 Å². The molecule has 2 heterocycles. The van der Waals surface area contributed by atoms with E-state index >= 15 is 0 Å². The van der Waals surface area contributed by atoms with Crippen LogP contribution >= 0.6 is 15.9 Å². The Balaban J connectivity index is 2.26. The van der Waals surface area contributed by atoms with Gasteiger partial charge in [-0.2, -0.15) is 4.52 Å². The fourth-order valence-electron chi connectivity index (χ4n) is 1.73. The fourth-order valence-corrected chi connectivity index (χ4v) is 2.17. The van der Waals surface area contributed by atoms with Gasteiger partial charge >= 0.3 is 0 Å². The van der Waals surface area contributed by atoms with Crippen LogP contribution < -0.4 is 5.73 Å². The Bertz CT molecular complexity index is 738. The molecule has 0 atom stereocenters. The van der Waals surface area contributed by atoms with Crippen molar-refractivity contribution in [3.8, 4) is 11.4 Å². The molecule has 4 nitrogen and oxygen atoms in total. The Hall–Kier alpha value is -1.95. The summed E-state index contributed by atoms with van der Waals surface area (Å²) in [5.41, 5.74) is 6.75. The number of hydrogen-bond donors (Lipinski definition) is 1. The third-order valence-corrected chi connectivity index (χ3v) is 3.00. The highest BCUT2D eigenvalue weighted by Crippen LogP contribution is 2.22. The van der Waals surface area contributed by atoms with Gasteiger partial charge in [0.25, 0.3) is 0 Å². The van der Waals surface area contributed by atoms with Gasteiger partial charge in [-0.25, -0.2) is 9.37 Å². The molecule has 0 aliphatic heterocycles. The van der Waals surface area contributed by atoms with Crippen molar-refractivity contribution in [1.29, 1.82) is 0 Å². The smallest absolute Gasteiger partial charge is 0.185 e. The molecule has 3 rings (SSSR count). The van der Waals surface area contributed by atoms with Crippen LogP contribution in [0.4, 0.5) is 10.2 Å². The molecule has 0 bridgehead atoms. The lowest BCUT2D eigenvalue weighted by Gasteiger charge is -1.97. The quantitative estimate of drug-likeness (QED) is 0.752. The maximum atomic E-state index is 13.7. The van der Waals surface area contributed by atoms with Gasteiger partial charge in [-0.15, -0.1) is 5.10 Å². The Morgan fingerprint density at radius 1 is 1.22 bits per heavy atom. The second-order valence-electron chi connectivity index (χ2n) is 3.78. The molecular formula is C12H8BrFN4. The van der Waals surface area contributed by atoms with Crippen LogP contribution in [0, 0.1) is 5.82 Å². The van der Waals surface area contributed by atoms with Crippen molar-refractivity contribution in [3.05, 3.63) is 46.7 Å². The van der Waals surface area contributed by atoms with Gasteiger partial charge in [0.2, 0.25) is 0 Å². The van der Waals surface area contributed by atoms with Crippen LogP contribution in [0.5, 0.6) is 0 Å². The van der Waals surface area contributed by atoms with Gasteiger partial charge in [-0.3, -0.25) is 0 Å². The zero-order valence-electron chi connectivity index (χ0n) is 9.14. The minimum atomic E-state index is -0.356. The summed E-state index contributed by atoms with van der Waals surface area (Å²) in [6.07, 6.45) is 0.